The monoisotopic (exact) mass is 319 g/mol. The van der Waals surface area contributed by atoms with Crippen molar-refractivity contribution < 1.29 is 14.3 Å². The zero-order valence-electron chi connectivity index (χ0n) is 13.7. The van der Waals surface area contributed by atoms with Crippen LogP contribution in [0.4, 0.5) is 0 Å². The third-order valence-corrected chi connectivity index (χ3v) is 4.56. The van der Waals surface area contributed by atoms with Gasteiger partial charge in [-0.05, 0) is 43.7 Å². The van der Waals surface area contributed by atoms with Crippen molar-refractivity contribution in [2.45, 2.75) is 32.1 Å². The minimum absolute atomic E-state index is 0.0462. The molecular formula is C17H25N3O3. The normalized spacial score (nSPS) is 21.2. The Bertz CT molecular complexity index is 535. The first-order valence-electron chi connectivity index (χ1n) is 8.03. The molecule has 23 heavy (non-hydrogen) atoms. The van der Waals surface area contributed by atoms with E-state index in [1.807, 2.05) is 18.3 Å². The fourth-order valence-corrected chi connectivity index (χ4v) is 3.26. The Labute approximate surface area is 137 Å². The van der Waals surface area contributed by atoms with E-state index in [-0.39, 0.29) is 18.4 Å². The second-order valence-electron chi connectivity index (χ2n) is 6.21. The molecule has 6 heteroatoms. The predicted molar refractivity (Wildman–Crippen MR) is 86.5 cm³/mol. The first kappa shape index (κ1) is 17.4. The molecule has 2 N–H and O–H groups in total. The van der Waals surface area contributed by atoms with Gasteiger partial charge < -0.3 is 15.4 Å². The van der Waals surface area contributed by atoms with Gasteiger partial charge in [-0.25, -0.2) is 0 Å². The van der Waals surface area contributed by atoms with Crippen LogP contribution in [0.3, 0.4) is 0 Å². The summed E-state index contributed by atoms with van der Waals surface area (Å²) in [5.74, 6) is -0.385. The summed E-state index contributed by atoms with van der Waals surface area (Å²) in [6.45, 7) is 1.11. The summed E-state index contributed by atoms with van der Waals surface area (Å²) < 4.78 is 4.91. The molecule has 0 spiro atoms. The highest BCUT2D eigenvalue weighted by Gasteiger charge is 2.41. The Morgan fingerprint density at radius 2 is 2.30 bits per heavy atom. The molecule has 1 fully saturated rings. The smallest absolute Gasteiger partial charge is 0.248 e. The number of hydrogen-bond acceptors (Lipinski definition) is 4. The van der Waals surface area contributed by atoms with Crippen LogP contribution in [0, 0.1) is 5.41 Å². The van der Waals surface area contributed by atoms with E-state index < -0.39 is 5.41 Å². The van der Waals surface area contributed by atoms with Crippen LogP contribution >= 0.6 is 0 Å². The summed E-state index contributed by atoms with van der Waals surface area (Å²) >= 11 is 0. The Kier molecular flexibility index (Phi) is 6.10. The summed E-state index contributed by atoms with van der Waals surface area (Å²) in [6, 6.07) is 3.93. The van der Waals surface area contributed by atoms with E-state index in [2.05, 4.69) is 4.98 Å². The fourth-order valence-electron chi connectivity index (χ4n) is 3.26. The van der Waals surface area contributed by atoms with Gasteiger partial charge in [0.25, 0.3) is 0 Å². The molecule has 6 nitrogen and oxygen atoms in total. The Hall–Kier alpha value is -1.95. The third kappa shape index (κ3) is 4.51. The molecule has 1 aliphatic rings. The predicted octanol–water partition coefficient (Wildman–Crippen LogP) is 1.14. The van der Waals surface area contributed by atoms with Crippen LogP contribution in [-0.4, -0.2) is 48.5 Å². The summed E-state index contributed by atoms with van der Waals surface area (Å²) in [5.41, 5.74) is 6.22. The molecule has 0 aliphatic carbocycles. The number of hydrogen-bond donors (Lipinski definition) is 1. The number of aryl methyl sites for hydroxylation is 1. The number of carbonyl (C=O) groups excluding carboxylic acids is 2. The van der Waals surface area contributed by atoms with E-state index in [1.165, 1.54) is 7.11 Å². The molecule has 1 atom stereocenters. The highest BCUT2D eigenvalue weighted by molar-refractivity contribution is 5.83. The minimum Gasteiger partial charge on any atom is -0.375 e. The molecule has 1 saturated heterocycles. The third-order valence-electron chi connectivity index (χ3n) is 4.56. The number of aromatic nitrogens is 1. The lowest BCUT2D eigenvalue weighted by atomic mass is 9.75. The van der Waals surface area contributed by atoms with Crippen LogP contribution in [0.25, 0.3) is 0 Å². The lowest BCUT2D eigenvalue weighted by Crippen LogP contribution is -2.52. The van der Waals surface area contributed by atoms with Gasteiger partial charge in [-0.1, -0.05) is 6.07 Å². The van der Waals surface area contributed by atoms with Crippen molar-refractivity contribution in [2.75, 3.05) is 26.8 Å². The second-order valence-corrected chi connectivity index (χ2v) is 6.21. The zero-order chi connectivity index (χ0) is 16.7. The quantitative estimate of drug-likeness (QED) is 0.817. The molecule has 126 valence electrons. The summed E-state index contributed by atoms with van der Waals surface area (Å²) in [4.78, 5) is 29.9. The summed E-state index contributed by atoms with van der Waals surface area (Å²) in [5, 5.41) is 0. The molecule has 0 bridgehead atoms. The maximum Gasteiger partial charge on any atom is 0.248 e. The maximum absolute atomic E-state index is 12.1. The van der Waals surface area contributed by atoms with Crippen molar-refractivity contribution in [3.8, 4) is 0 Å². The van der Waals surface area contributed by atoms with E-state index in [0.29, 0.717) is 19.5 Å². The molecule has 1 aromatic heterocycles. The fraction of sp³-hybridized carbons (Fsp3) is 0.588. The first-order valence-corrected chi connectivity index (χ1v) is 8.03. The Morgan fingerprint density at radius 3 is 2.96 bits per heavy atom. The molecule has 0 unspecified atom stereocenters. The first-order chi connectivity index (χ1) is 11.1. The molecule has 1 aliphatic heterocycles. The number of pyridine rings is 1. The van der Waals surface area contributed by atoms with Crippen LogP contribution in [0.15, 0.2) is 24.5 Å². The van der Waals surface area contributed by atoms with Crippen molar-refractivity contribution in [2.24, 2.45) is 11.1 Å². The van der Waals surface area contributed by atoms with Crippen molar-refractivity contribution >= 4 is 11.8 Å². The van der Waals surface area contributed by atoms with Crippen LogP contribution in [0.5, 0.6) is 0 Å². The number of amides is 2. The molecule has 0 saturated carbocycles. The molecule has 2 rings (SSSR count). The molecule has 2 amide bonds. The largest absolute Gasteiger partial charge is 0.375 e. The van der Waals surface area contributed by atoms with Crippen molar-refractivity contribution in [1.29, 1.82) is 0 Å². The van der Waals surface area contributed by atoms with Gasteiger partial charge in [-0.3, -0.25) is 14.6 Å². The lowest BCUT2D eigenvalue weighted by Gasteiger charge is -2.40. The number of methoxy groups -OCH3 is 1. The van der Waals surface area contributed by atoms with Crippen molar-refractivity contribution in [3.63, 3.8) is 0 Å². The number of likely N-dealkylation sites (tertiary alicyclic amines) is 1. The van der Waals surface area contributed by atoms with Gasteiger partial charge in [0.1, 0.15) is 6.61 Å². The van der Waals surface area contributed by atoms with Gasteiger partial charge in [-0.15, -0.1) is 0 Å². The standard InChI is InChI=1S/C17H25N3O3/c1-23-12-15(21)20-10-4-8-17(13-20,16(18)22)7-2-5-14-6-3-9-19-11-14/h3,6,9,11H,2,4-5,7-8,10,12-13H2,1H3,(H2,18,22)/t17-/m1/s1. The number of nitrogens with zero attached hydrogens (tertiary/aromatic N) is 2. The van der Waals surface area contributed by atoms with E-state index in [4.69, 9.17) is 10.5 Å². The number of ether oxygens (including phenoxy) is 1. The SMILES string of the molecule is COCC(=O)N1CCC[C@@](CCCc2cccnc2)(C(N)=O)C1. The van der Waals surface area contributed by atoms with Crippen LogP contribution in [-0.2, 0) is 20.7 Å². The molecule has 1 aromatic rings. The van der Waals surface area contributed by atoms with Gasteiger partial charge in [0.15, 0.2) is 0 Å². The maximum atomic E-state index is 12.1. The number of nitrogens with two attached hydrogens (primary N) is 1. The highest BCUT2D eigenvalue weighted by atomic mass is 16.5. The van der Waals surface area contributed by atoms with E-state index in [0.717, 1.165) is 31.2 Å². The van der Waals surface area contributed by atoms with E-state index >= 15 is 0 Å². The van der Waals surface area contributed by atoms with Gasteiger partial charge >= 0.3 is 0 Å². The topological polar surface area (TPSA) is 85.5 Å². The second kappa shape index (κ2) is 8.06. The molecule has 2 heterocycles. The average molecular weight is 319 g/mol. The minimum atomic E-state index is -0.621. The molecular weight excluding hydrogens is 294 g/mol. The van der Waals surface area contributed by atoms with Crippen LogP contribution < -0.4 is 5.73 Å². The summed E-state index contributed by atoms with van der Waals surface area (Å²) in [7, 11) is 1.50. The van der Waals surface area contributed by atoms with Gasteiger partial charge in [-0.2, -0.15) is 0 Å². The lowest BCUT2D eigenvalue weighted by molar-refractivity contribution is -0.143. The van der Waals surface area contributed by atoms with Gasteiger partial charge in [0.2, 0.25) is 11.8 Å². The molecule has 0 radical (unpaired) electrons. The average Bonchev–Trinajstić information content (AvgIpc) is 2.56. The van der Waals surface area contributed by atoms with Gasteiger partial charge in [0.05, 0.1) is 5.41 Å². The van der Waals surface area contributed by atoms with Gasteiger partial charge in [0, 0.05) is 32.6 Å². The number of piperidine rings is 1. The summed E-state index contributed by atoms with van der Waals surface area (Å²) in [6.07, 6.45) is 7.52. The molecule has 0 aromatic carbocycles. The van der Waals surface area contributed by atoms with Crippen LogP contribution in [0.2, 0.25) is 0 Å². The number of primary amides is 1. The number of rotatable bonds is 7. The Morgan fingerprint density at radius 1 is 1.48 bits per heavy atom. The number of carbonyl (C=O) groups is 2. The zero-order valence-corrected chi connectivity index (χ0v) is 13.7. The van der Waals surface area contributed by atoms with Crippen LogP contribution in [0.1, 0.15) is 31.2 Å². The Balaban J connectivity index is 1.98. The highest BCUT2D eigenvalue weighted by Crippen LogP contribution is 2.35. The van der Waals surface area contributed by atoms with E-state index in [1.54, 1.807) is 11.1 Å². The van der Waals surface area contributed by atoms with E-state index in [9.17, 15) is 9.59 Å². The van der Waals surface area contributed by atoms with Crippen molar-refractivity contribution in [3.05, 3.63) is 30.1 Å². The van der Waals surface area contributed by atoms with Crippen molar-refractivity contribution in [1.82, 2.24) is 9.88 Å².